The molecule has 0 fully saturated rings. The predicted molar refractivity (Wildman–Crippen MR) is 90.5 cm³/mol. The van der Waals surface area contributed by atoms with Crippen LogP contribution in [0.3, 0.4) is 0 Å². The van der Waals surface area contributed by atoms with Gasteiger partial charge in [0.2, 0.25) is 5.91 Å². The minimum atomic E-state index is 0.0105. The van der Waals surface area contributed by atoms with Gasteiger partial charge in [-0.2, -0.15) is 5.10 Å². The van der Waals surface area contributed by atoms with Crippen LogP contribution in [0, 0.1) is 13.8 Å². The number of aromatic nitrogens is 2. The van der Waals surface area contributed by atoms with E-state index in [-0.39, 0.29) is 11.9 Å². The highest BCUT2D eigenvalue weighted by atomic mass is 16.5. The third kappa shape index (κ3) is 4.58. The zero-order valence-corrected chi connectivity index (χ0v) is 14.3. The van der Waals surface area contributed by atoms with Crippen molar-refractivity contribution in [2.24, 2.45) is 0 Å². The molecule has 1 unspecified atom stereocenters. The maximum Gasteiger partial charge on any atom is 0.222 e. The molecule has 1 heterocycles. The summed E-state index contributed by atoms with van der Waals surface area (Å²) in [7, 11) is 0. The largest absolute Gasteiger partial charge is 0.494 e. The fraction of sp³-hybridized carbons (Fsp3) is 0.444. The zero-order chi connectivity index (χ0) is 16.8. The minimum Gasteiger partial charge on any atom is -0.494 e. The van der Waals surface area contributed by atoms with Crippen molar-refractivity contribution in [1.82, 2.24) is 15.1 Å². The molecular weight excluding hydrogens is 290 g/mol. The van der Waals surface area contributed by atoms with E-state index in [4.69, 9.17) is 4.74 Å². The van der Waals surface area contributed by atoms with E-state index in [0.29, 0.717) is 19.6 Å². The lowest BCUT2D eigenvalue weighted by Crippen LogP contribution is -2.26. The number of aryl methyl sites for hydroxylation is 2. The highest BCUT2D eigenvalue weighted by molar-refractivity contribution is 5.76. The predicted octanol–water partition coefficient (Wildman–Crippen LogP) is 3.17. The second-order valence-electron chi connectivity index (χ2n) is 5.74. The van der Waals surface area contributed by atoms with Crippen LogP contribution in [-0.4, -0.2) is 22.3 Å². The van der Waals surface area contributed by atoms with Gasteiger partial charge in [0.05, 0.1) is 18.3 Å². The molecule has 1 N–H and O–H groups in total. The van der Waals surface area contributed by atoms with Crippen molar-refractivity contribution in [1.29, 1.82) is 0 Å². The van der Waals surface area contributed by atoms with Crippen molar-refractivity contribution in [3.63, 3.8) is 0 Å². The van der Waals surface area contributed by atoms with E-state index in [0.717, 1.165) is 22.7 Å². The van der Waals surface area contributed by atoms with Gasteiger partial charge < -0.3 is 10.1 Å². The Morgan fingerprint density at radius 3 is 2.74 bits per heavy atom. The maximum atomic E-state index is 12.2. The van der Waals surface area contributed by atoms with E-state index in [1.807, 2.05) is 62.7 Å². The molecule has 1 atom stereocenters. The van der Waals surface area contributed by atoms with Crippen LogP contribution >= 0.6 is 0 Å². The second-order valence-corrected chi connectivity index (χ2v) is 5.74. The molecule has 1 amide bonds. The SMILES string of the molecule is CCOc1ccccc1CNC(=O)CC(C)n1nc(C)cc1C. The summed E-state index contributed by atoms with van der Waals surface area (Å²) >= 11 is 0. The van der Waals surface area contributed by atoms with E-state index >= 15 is 0 Å². The van der Waals surface area contributed by atoms with Crippen LogP contribution in [0.5, 0.6) is 5.75 Å². The molecule has 1 aromatic heterocycles. The van der Waals surface area contributed by atoms with Gasteiger partial charge in [-0.25, -0.2) is 0 Å². The quantitative estimate of drug-likeness (QED) is 0.854. The number of benzene rings is 1. The van der Waals surface area contributed by atoms with Crippen LogP contribution in [0.4, 0.5) is 0 Å². The number of carbonyl (C=O) groups excluding carboxylic acids is 1. The van der Waals surface area contributed by atoms with Crippen molar-refractivity contribution in [2.45, 2.75) is 46.7 Å². The van der Waals surface area contributed by atoms with Gasteiger partial charge in [0.15, 0.2) is 0 Å². The summed E-state index contributed by atoms with van der Waals surface area (Å²) in [5.41, 5.74) is 3.03. The van der Waals surface area contributed by atoms with Crippen molar-refractivity contribution in [3.8, 4) is 5.75 Å². The first kappa shape index (κ1) is 17.1. The number of hydrogen-bond donors (Lipinski definition) is 1. The molecule has 0 saturated carbocycles. The Balaban J connectivity index is 1.91. The van der Waals surface area contributed by atoms with E-state index in [2.05, 4.69) is 10.4 Å². The second kappa shape index (κ2) is 7.81. The topological polar surface area (TPSA) is 56.1 Å². The number of rotatable bonds is 7. The lowest BCUT2D eigenvalue weighted by Gasteiger charge is -2.15. The molecule has 0 aliphatic rings. The third-order valence-electron chi connectivity index (χ3n) is 3.69. The van der Waals surface area contributed by atoms with Crippen LogP contribution in [0.2, 0.25) is 0 Å². The first-order valence-corrected chi connectivity index (χ1v) is 8.01. The third-order valence-corrected chi connectivity index (χ3v) is 3.69. The van der Waals surface area contributed by atoms with Gasteiger partial charge in [-0.05, 0) is 39.8 Å². The molecule has 0 saturated heterocycles. The molecule has 2 rings (SSSR count). The molecule has 0 bridgehead atoms. The number of nitrogens with one attached hydrogen (secondary N) is 1. The number of para-hydroxylation sites is 1. The fourth-order valence-electron chi connectivity index (χ4n) is 2.66. The van der Waals surface area contributed by atoms with Gasteiger partial charge in [-0.3, -0.25) is 9.48 Å². The normalized spacial score (nSPS) is 12.0. The molecule has 0 radical (unpaired) electrons. The van der Waals surface area contributed by atoms with E-state index in [9.17, 15) is 4.79 Å². The molecule has 2 aromatic rings. The smallest absolute Gasteiger partial charge is 0.222 e. The average Bonchev–Trinajstić information content (AvgIpc) is 2.85. The Morgan fingerprint density at radius 2 is 2.09 bits per heavy atom. The molecule has 1 aromatic carbocycles. The van der Waals surface area contributed by atoms with Gasteiger partial charge in [0, 0.05) is 24.2 Å². The summed E-state index contributed by atoms with van der Waals surface area (Å²) in [6.07, 6.45) is 0.402. The Hall–Kier alpha value is -2.30. The van der Waals surface area contributed by atoms with Crippen LogP contribution in [-0.2, 0) is 11.3 Å². The molecule has 0 aliphatic heterocycles. The minimum absolute atomic E-state index is 0.0105. The van der Waals surface area contributed by atoms with Crippen molar-refractivity contribution in [2.75, 3.05) is 6.61 Å². The molecule has 0 aliphatic carbocycles. The van der Waals surface area contributed by atoms with Gasteiger partial charge >= 0.3 is 0 Å². The molecule has 5 heteroatoms. The van der Waals surface area contributed by atoms with Crippen LogP contribution in [0.1, 0.15) is 43.3 Å². The van der Waals surface area contributed by atoms with Gasteiger partial charge in [0.25, 0.3) is 0 Å². The fourth-order valence-corrected chi connectivity index (χ4v) is 2.66. The summed E-state index contributed by atoms with van der Waals surface area (Å²) < 4.78 is 7.48. The maximum absolute atomic E-state index is 12.2. The Bertz CT molecular complexity index is 664. The summed E-state index contributed by atoms with van der Waals surface area (Å²) in [5.74, 6) is 0.832. The molecular formula is C18H25N3O2. The Kier molecular flexibility index (Phi) is 5.79. The van der Waals surface area contributed by atoms with Crippen LogP contribution in [0.15, 0.2) is 30.3 Å². The molecule has 23 heavy (non-hydrogen) atoms. The molecule has 0 spiro atoms. The number of ether oxygens (including phenoxy) is 1. The summed E-state index contributed by atoms with van der Waals surface area (Å²) in [5, 5.41) is 7.40. The van der Waals surface area contributed by atoms with Crippen LogP contribution < -0.4 is 10.1 Å². The van der Waals surface area contributed by atoms with Crippen LogP contribution in [0.25, 0.3) is 0 Å². The van der Waals surface area contributed by atoms with E-state index in [1.165, 1.54) is 0 Å². The number of amides is 1. The van der Waals surface area contributed by atoms with Crippen molar-refractivity contribution in [3.05, 3.63) is 47.3 Å². The van der Waals surface area contributed by atoms with Gasteiger partial charge in [-0.15, -0.1) is 0 Å². The van der Waals surface area contributed by atoms with Gasteiger partial charge in [0.1, 0.15) is 5.75 Å². The lowest BCUT2D eigenvalue weighted by atomic mass is 10.2. The lowest BCUT2D eigenvalue weighted by molar-refractivity contribution is -0.122. The van der Waals surface area contributed by atoms with E-state index in [1.54, 1.807) is 0 Å². The zero-order valence-electron chi connectivity index (χ0n) is 14.3. The first-order valence-electron chi connectivity index (χ1n) is 8.01. The average molecular weight is 315 g/mol. The summed E-state index contributed by atoms with van der Waals surface area (Å²) in [6.45, 7) is 9.01. The highest BCUT2D eigenvalue weighted by Crippen LogP contribution is 2.18. The summed E-state index contributed by atoms with van der Waals surface area (Å²) in [4.78, 5) is 12.2. The first-order chi connectivity index (χ1) is 11.0. The Morgan fingerprint density at radius 1 is 1.35 bits per heavy atom. The summed E-state index contributed by atoms with van der Waals surface area (Å²) in [6, 6.07) is 9.82. The number of hydrogen-bond acceptors (Lipinski definition) is 3. The monoisotopic (exact) mass is 315 g/mol. The number of nitrogens with zero attached hydrogens (tertiary/aromatic N) is 2. The number of carbonyl (C=O) groups is 1. The highest BCUT2D eigenvalue weighted by Gasteiger charge is 2.14. The molecule has 124 valence electrons. The Labute approximate surface area is 137 Å². The molecule has 5 nitrogen and oxygen atoms in total. The van der Waals surface area contributed by atoms with Crippen molar-refractivity contribution < 1.29 is 9.53 Å². The van der Waals surface area contributed by atoms with Gasteiger partial charge in [-0.1, -0.05) is 18.2 Å². The van der Waals surface area contributed by atoms with Crippen molar-refractivity contribution >= 4 is 5.91 Å². The van der Waals surface area contributed by atoms with E-state index < -0.39 is 0 Å². The standard InChI is InChI=1S/C18H25N3O2/c1-5-23-17-9-7-6-8-16(17)12-19-18(22)11-15(4)21-14(3)10-13(2)20-21/h6-10,15H,5,11-12H2,1-4H3,(H,19,22).